The molecule has 4 unspecified atom stereocenters. The van der Waals surface area contributed by atoms with Gasteiger partial charge >= 0.3 is 0 Å². The van der Waals surface area contributed by atoms with E-state index in [1.54, 1.807) is 25.3 Å². The van der Waals surface area contributed by atoms with E-state index in [2.05, 4.69) is 90.2 Å². The van der Waals surface area contributed by atoms with Gasteiger partial charge in [-0.2, -0.15) is 0 Å². The molecule has 0 aliphatic rings. The van der Waals surface area contributed by atoms with Crippen molar-refractivity contribution in [3.05, 3.63) is 209 Å². The lowest BCUT2D eigenvalue weighted by molar-refractivity contribution is 0.415. The molecular weight excluding hydrogens is 1100 g/mol. The quantitative estimate of drug-likeness (QED) is 0.0677. The summed E-state index contributed by atoms with van der Waals surface area (Å²) in [6.07, 6.45) is 3.56. The van der Waals surface area contributed by atoms with E-state index in [9.17, 15) is 4.39 Å². The van der Waals surface area contributed by atoms with Crippen molar-refractivity contribution in [2.24, 2.45) is 0 Å². The van der Waals surface area contributed by atoms with E-state index in [0.717, 1.165) is 103 Å². The molecule has 8 aromatic carbocycles. The average molecular weight is 1160 g/mol. The zero-order chi connectivity index (χ0) is 57.4. The van der Waals surface area contributed by atoms with Gasteiger partial charge < -0.3 is 26.0 Å². The number of methoxy groups -OCH3 is 1. The van der Waals surface area contributed by atoms with Crippen molar-refractivity contribution in [2.75, 3.05) is 28.4 Å². The maximum Gasteiger partial charge on any atom is 0.123 e. The average Bonchev–Trinajstić information content (AvgIpc) is 4.42. The number of hydrogen-bond donors (Lipinski definition) is 4. The number of aromatic nitrogens is 12. The maximum atomic E-state index is 12.9. The van der Waals surface area contributed by atoms with Gasteiger partial charge in [0.05, 0.1) is 29.2 Å². The normalized spacial score (nSPS) is 12.5. The Bertz CT molecular complexity index is 3780. The van der Waals surface area contributed by atoms with E-state index in [1.807, 2.05) is 176 Å². The van der Waals surface area contributed by atoms with Crippen LogP contribution < -0.4 is 26.0 Å². The van der Waals surface area contributed by atoms with Crippen LogP contribution in [0.1, 0.15) is 78.0 Å². The summed E-state index contributed by atoms with van der Waals surface area (Å²) in [7, 11) is 1.67. The summed E-state index contributed by atoms with van der Waals surface area (Å²) in [6.45, 7) is 8.39. The van der Waals surface area contributed by atoms with Gasteiger partial charge in [-0.05, 0) is 165 Å². The first-order valence-corrected chi connectivity index (χ1v) is 28.0. The van der Waals surface area contributed by atoms with Gasteiger partial charge in [0, 0.05) is 37.8 Å². The number of para-hydroxylation sites is 4. The highest BCUT2D eigenvalue weighted by Crippen LogP contribution is 2.28. The van der Waals surface area contributed by atoms with Gasteiger partial charge in [0.2, 0.25) is 0 Å². The number of rotatable bonds is 17. The SMILES string of the molecule is CCC(Nc1cc(Cl)cc(Cl)c1)n1nnc2ccccc21.CCC(Nc1ccc(Cl)cc1)n1nnc2ccccc21.CCC(Nc1ccc(F)cc1)n1nnc2ccccc21.CCC(Nc1ccc(OC)cc1)n1nnc2ccccc21. The molecule has 12 aromatic rings. The Balaban J connectivity index is 0.000000132. The molecule has 21 heteroatoms. The van der Waals surface area contributed by atoms with Crippen molar-refractivity contribution in [3.8, 4) is 5.75 Å². The number of nitrogens with zero attached hydrogens (tertiary/aromatic N) is 12. The molecule has 420 valence electrons. The lowest BCUT2D eigenvalue weighted by Gasteiger charge is -2.19. The minimum atomic E-state index is -0.241. The minimum absolute atomic E-state index is 0.0205. The molecule has 17 nitrogen and oxygen atoms in total. The first kappa shape index (κ1) is 57.8. The first-order valence-electron chi connectivity index (χ1n) is 26.9. The fourth-order valence-corrected chi connectivity index (χ4v) is 9.65. The lowest BCUT2D eigenvalue weighted by Crippen LogP contribution is -2.18. The van der Waals surface area contributed by atoms with Gasteiger partial charge in [0.1, 0.15) is 58.3 Å². The van der Waals surface area contributed by atoms with E-state index in [0.29, 0.717) is 10.0 Å². The van der Waals surface area contributed by atoms with Crippen LogP contribution in [0, 0.1) is 5.82 Å². The molecule has 0 aliphatic carbocycles. The molecule has 4 heterocycles. The summed E-state index contributed by atoms with van der Waals surface area (Å²) in [5.74, 6) is 0.606. The Morgan fingerprint density at radius 3 is 0.988 bits per heavy atom. The summed E-state index contributed by atoms with van der Waals surface area (Å²) in [5.41, 5.74) is 11.4. The molecule has 12 rings (SSSR count). The van der Waals surface area contributed by atoms with Crippen molar-refractivity contribution in [2.45, 2.75) is 78.0 Å². The number of benzene rings is 8. The summed E-state index contributed by atoms with van der Waals surface area (Å²) >= 11 is 18.0. The molecule has 0 amide bonds. The highest BCUT2D eigenvalue weighted by Gasteiger charge is 2.18. The van der Waals surface area contributed by atoms with Gasteiger partial charge in [-0.25, -0.2) is 23.1 Å². The van der Waals surface area contributed by atoms with E-state index in [4.69, 9.17) is 39.5 Å². The number of anilines is 4. The highest BCUT2D eigenvalue weighted by molar-refractivity contribution is 6.35. The van der Waals surface area contributed by atoms with E-state index < -0.39 is 0 Å². The van der Waals surface area contributed by atoms with E-state index in [1.165, 1.54) is 12.1 Å². The largest absolute Gasteiger partial charge is 0.497 e. The second kappa shape index (κ2) is 28.0. The molecule has 4 N–H and O–H groups in total. The molecule has 0 radical (unpaired) electrons. The van der Waals surface area contributed by atoms with Crippen LogP contribution in [0.25, 0.3) is 44.1 Å². The van der Waals surface area contributed by atoms with Crippen LogP contribution in [0.4, 0.5) is 27.1 Å². The Kier molecular flexibility index (Phi) is 19.8. The number of fused-ring (bicyclic) bond motifs is 4. The fourth-order valence-electron chi connectivity index (χ4n) is 9.00. The second-order valence-electron chi connectivity index (χ2n) is 18.8. The first-order chi connectivity index (χ1) is 40.0. The van der Waals surface area contributed by atoms with Gasteiger partial charge in [-0.1, -0.05) is 132 Å². The smallest absolute Gasteiger partial charge is 0.123 e. The van der Waals surface area contributed by atoms with Crippen molar-refractivity contribution < 1.29 is 9.13 Å². The van der Waals surface area contributed by atoms with Crippen LogP contribution in [0.2, 0.25) is 15.1 Å². The van der Waals surface area contributed by atoms with E-state index >= 15 is 0 Å². The van der Waals surface area contributed by atoms with Gasteiger partial charge in [-0.15, -0.1) is 20.4 Å². The Hall–Kier alpha value is -8.84. The van der Waals surface area contributed by atoms with Crippen LogP contribution in [0.3, 0.4) is 0 Å². The van der Waals surface area contributed by atoms with Crippen LogP contribution >= 0.6 is 34.8 Å². The van der Waals surface area contributed by atoms with E-state index in [-0.39, 0.29) is 30.5 Å². The van der Waals surface area contributed by atoms with Crippen molar-refractivity contribution in [1.82, 2.24) is 60.0 Å². The van der Waals surface area contributed by atoms with Crippen LogP contribution in [-0.2, 0) is 0 Å². The van der Waals surface area contributed by atoms with Crippen LogP contribution in [0.15, 0.2) is 188 Å². The summed E-state index contributed by atoms with van der Waals surface area (Å²) in [4.78, 5) is 0. The fraction of sp³-hybridized carbons (Fsp3) is 0.213. The molecule has 0 spiro atoms. The second-order valence-corrected chi connectivity index (χ2v) is 20.1. The number of ether oxygens (including phenoxy) is 1. The third kappa shape index (κ3) is 14.5. The topological polar surface area (TPSA) is 180 Å². The number of nitrogens with one attached hydrogen (secondary N) is 4. The molecule has 4 atom stereocenters. The summed E-state index contributed by atoms with van der Waals surface area (Å²) < 4.78 is 25.7. The zero-order valence-electron chi connectivity index (χ0n) is 45.8. The van der Waals surface area contributed by atoms with Crippen LogP contribution in [-0.4, -0.2) is 67.1 Å². The van der Waals surface area contributed by atoms with Gasteiger partial charge in [0.25, 0.3) is 0 Å². The lowest BCUT2D eigenvalue weighted by atomic mass is 10.2. The molecule has 0 bridgehead atoms. The maximum absolute atomic E-state index is 12.9. The third-order valence-corrected chi connectivity index (χ3v) is 13.9. The van der Waals surface area contributed by atoms with Gasteiger partial charge in [0.15, 0.2) is 0 Å². The highest BCUT2D eigenvalue weighted by atomic mass is 35.5. The summed E-state index contributed by atoms with van der Waals surface area (Å²) in [5, 5.41) is 49.3. The Labute approximate surface area is 489 Å². The van der Waals surface area contributed by atoms with Crippen molar-refractivity contribution in [3.63, 3.8) is 0 Å². The van der Waals surface area contributed by atoms with Gasteiger partial charge in [-0.3, -0.25) is 0 Å². The Morgan fingerprint density at radius 1 is 0.378 bits per heavy atom. The molecule has 0 aliphatic heterocycles. The van der Waals surface area contributed by atoms with Crippen molar-refractivity contribution >= 4 is 102 Å². The zero-order valence-corrected chi connectivity index (χ0v) is 48.1. The number of halogens is 4. The predicted molar refractivity (Wildman–Crippen MR) is 329 cm³/mol. The number of hydrogen-bond acceptors (Lipinski definition) is 13. The monoisotopic (exact) mass is 1160 g/mol. The molecular formula is C61H62Cl3FN16O. The summed E-state index contributed by atoms with van der Waals surface area (Å²) in [6, 6.07) is 58.9. The molecule has 82 heavy (non-hydrogen) atoms. The molecule has 0 saturated heterocycles. The Morgan fingerprint density at radius 2 is 0.671 bits per heavy atom. The third-order valence-electron chi connectivity index (χ3n) is 13.2. The van der Waals surface area contributed by atoms with Crippen molar-refractivity contribution in [1.29, 1.82) is 0 Å². The molecule has 0 fully saturated rings. The minimum Gasteiger partial charge on any atom is -0.497 e. The van der Waals surface area contributed by atoms with Crippen LogP contribution in [0.5, 0.6) is 5.75 Å². The molecule has 0 saturated carbocycles. The standard InChI is InChI=1S/C16H18N4O.C15H14Cl2N4.C15H15ClN4.C15H15FN4/c1-3-16(17-12-8-10-13(21-2)11-9-12)20-15-7-5-4-6-14(15)18-19-20;1-2-15(18-12-8-10(16)7-11(17)9-12)21-14-6-4-3-5-13(14)19-20-21;2*1-2-15(17-12-9-7-11(16)8-10-12)20-14-6-4-3-5-13(14)18-19-20/h4-11,16-17H,3H2,1-2H3;3-9,15,18H,2H2,1H3;2*3-10,15,17H,2H2,1H3. The predicted octanol–water partition coefficient (Wildman–Crippen LogP) is 15.9. The molecule has 4 aromatic heterocycles.